The van der Waals surface area contributed by atoms with Crippen molar-refractivity contribution in [2.75, 3.05) is 11.3 Å². The predicted octanol–water partition coefficient (Wildman–Crippen LogP) is 4.97. The van der Waals surface area contributed by atoms with Crippen LogP contribution < -0.4 is 9.46 Å². The van der Waals surface area contributed by atoms with Crippen molar-refractivity contribution in [2.24, 2.45) is 0 Å². The monoisotopic (exact) mass is 367 g/mol. The van der Waals surface area contributed by atoms with Gasteiger partial charge in [0.05, 0.1) is 12.3 Å². The molecule has 0 bridgehead atoms. The van der Waals surface area contributed by atoms with Gasteiger partial charge >= 0.3 is 0 Å². The summed E-state index contributed by atoms with van der Waals surface area (Å²) >= 11 is 5.98. The van der Waals surface area contributed by atoms with Crippen molar-refractivity contribution in [3.05, 3.63) is 52.5 Å². The largest absolute Gasteiger partial charge is 0.492 e. The Labute approximate surface area is 148 Å². The lowest BCUT2D eigenvalue weighted by molar-refractivity contribution is 0.331. The highest BCUT2D eigenvalue weighted by atomic mass is 35.5. The van der Waals surface area contributed by atoms with Crippen molar-refractivity contribution < 1.29 is 13.2 Å². The average molecular weight is 368 g/mol. The fourth-order valence-electron chi connectivity index (χ4n) is 2.27. The van der Waals surface area contributed by atoms with Crippen molar-refractivity contribution in [3.63, 3.8) is 0 Å². The van der Waals surface area contributed by atoms with E-state index >= 15 is 0 Å². The topological polar surface area (TPSA) is 55.4 Å². The number of sulfonamides is 1. The molecule has 0 aliphatic heterocycles. The first-order valence-corrected chi connectivity index (χ1v) is 9.66. The normalized spacial score (nSPS) is 11.6. The number of rotatable bonds is 6. The van der Waals surface area contributed by atoms with Gasteiger partial charge in [-0.2, -0.15) is 0 Å². The van der Waals surface area contributed by atoms with Crippen LogP contribution in [-0.4, -0.2) is 15.0 Å². The summed E-state index contributed by atoms with van der Waals surface area (Å²) in [5.41, 5.74) is 2.18. The molecule has 1 N–H and O–H groups in total. The van der Waals surface area contributed by atoms with Gasteiger partial charge in [-0.25, -0.2) is 8.42 Å². The third-order valence-electron chi connectivity index (χ3n) is 3.67. The summed E-state index contributed by atoms with van der Waals surface area (Å²) in [4.78, 5) is 0.134. The minimum absolute atomic E-state index is 0.134. The highest BCUT2D eigenvalue weighted by Gasteiger charge is 2.22. The number of hydrogen-bond acceptors (Lipinski definition) is 3. The molecule has 0 radical (unpaired) electrons. The van der Waals surface area contributed by atoms with E-state index in [4.69, 9.17) is 16.3 Å². The maximum Gasteiger partial charge on any atom is 0.265 e. The quantitative estimate of drug-likeness (QED) is 0.784. The van der Waals surface area contributed by atoms with Crippen LogP contribution >= 0.6 is 11.6 Å². The zero-order valence-electron chi connectivity index (χ0n) is 14.3. The number of halogens is 1. The van der Waals surface area contributed by atoms with Gasteiger partial charge in [0.25, 0.3) is 10.0 Å². The third kappa shape index (κ3) is 4.22. The summed E-state index contributed by atoms with van der Waals surface area (Å²) in [5.74, 6) is 0.552. The summed E-state index contributed by atoms with van der Waals surface area (Å²) in [6.07, 6.45) is 0. The number of ether oxygens (including phenoxy) is 1. The van der Waals surface area contributed by atoms with Crippen molar-refractivity contribution in [1.82, 2.24) is 0 Å². The summed E-state index contributed by atoms with van der Waals surface area (Å²) < 4.78 is 33.9. The molecule has 0 saturated carbocycles. The molecule has 6 heteroatoms. The van der Waals surface area contributed by atoms with E-state index in [2.05, 4.69) is 4.72 Å². The van der Waals surface area contributed by atoms with Gasteiger partial charge in [0.1, 0.15) is 10.6 Å². The second kappa shape index (κ2) is 7.45. The number of hydrogen-bond donors (Lipinski definition) is 1. The van der Waals surface area contributed by atoms with Gasteiger partial charge in [-0.15, -0.1) is 0 Å². The van der Waals surface area contributed by atoms with Gasteiger partial charge in [0.2, 0.25) is 0 Å². The van der Waals surface area contributed by atoms with Crippen molar-refractivity contribution in [2.45, 2.75) is 38.5 Å². The van der Waals surface area contributed by atoms with Crippen LogP contribution in [0, 0.1) is 6.92 Å². The molecule has 24 heavy (non-hydrogen) atoms. The molecule has 130 valence electrons. The zero-order chi connectivity index (χ0) is 17.9. The molecule has 0 aromatic heterocycles. The number of aryl methyl sites for hydroxylation is 1. The minimum atomic E-state index is -3.80. The molecule has 2 aromatic rings. The van der Waals surface area contributed by atoms with E-state index in [1.54, 1.807) is 30.3 Å². The molecule has 0 saturated heterocycles. The summed E-state index contributed by atoms with van der Waals surface area (Å²) in [6.45, 7) is 8.06. The molecule has 0 aliphatic carbocycles. The molecule has 2 aromatic carbocycles. The Morgan fingerprint density at radius 1 is 1.17 bits per heavy atom. The first-order valence-electron chi connectivity index (χ1n) is 7.80. The van der Waals surface area contributed by atoms with Crippen LogP contribution in [0.25, 0.3) is 0 Å². The van der Waals surface area contributed by atoms with Crippen LogP contribution in [0.3, 0.4) is 0 Å². The standard InChI is InChI=1S/C18H22ClNO3S/c1-5-23-17-9-7-14(12(2)3)10-18(17)24(21,22)20-16-11-15(19)8-6-13(16)4/h6-12,20H,5H2,1-4H3. The molecule has 0 atom stereocenters. The SMILES string of the molecule is CCOc1ccc(C(C)C)cc1S(=O)(=O)Nc1cc(Cl)ccc1C. The fourth-order valence-corrected chi connectivity index (χ4v) is 3.75. The Kier molecular flexibility index (Phi) is 5.78. The van der Waals surface area contributed by atoms with Gasteiger partial charge in [0, 0.05) is 5.02 Å². The first-order chi connectivity index (χ1) is 11.2. The highest BCUT2D eigenvalue weighted by molar-refractivity contribution is 7.92. The minimum Gasteiger partial charge on any atom is -0.492 e. The van der Waals surface area contributed by atoms with Crippen molar-refractivity contribution in [3.8, 4) is 5.75 Å². The molecule has 0 spiro atoms. The zero-order valence-corrected chi connectivity index (χ0v) is 15.8. The lowest BCUT2D eigenvalue weighted by atomic mass is 10.0. The summed E-state index contributed by atoms with van der Waals surface area (Å²) in [6, 6.07) is 10.4. The highest BCUT2D eigenvalue weighted by Crippen LogP contribution is 2.31. The van der Waals surface area contributed by atoms with Crippen LogP contribution in [0.2, 0.25) is 5.02 Å². The van der Waals surface area contributed by atoms with E-state index < -0.39 is 10.0 Å². The van der Waals surface area contributed by atoms with Crippen LogP contribution in [0.4, 0.5) is 5.69 Å². The van der Waals surface area contributed by atoms with Gasteiger partial charge < -0.3 is 4.74 Å². The summed E-state index contributed by atoms with van der Waals surface area (Å²) in [7, 11) is -3.80. The smallest absolute Gasteiger partial charge is 0.265 e. The van der Waals surface area contributed by atoms with Crippen LogP contribution in [0.15, 0.2) is 41.3 Å². The molecule has 0 amide bonds. The Morgan fingerprint density at radius 3 is 2.50 bits per heavy atom. The number of nitrogens with one attached hydrogen (secondary N) is 1. The molecular formula is C18H22ClNO3S. The average Bonchev–Trinajstić information content (AvgIpc) is 2.51. The molecule has 2 rings (SSSR count). The molecule has 4 nitrogen and oxygen atoms in total. The van der Waals surface area contributed by atoms with E-state index in [0.717, 1.165) is 11.1 Å². The molecule has 0 aliphatic rings. The van der Waals surface area contributed by atoms with Crippen LogP contribution in [0.5, 0.6) is 5.75 Å². The predicted molar refractivity (Wildman–Crippen MR) is 98.7 cm³/mol. The lowest BCUT2D eigenvalue weighted by Crippen LogP contribution is -2.15. The van der Waals surface area contributed by atoms with Gasteiger partial charge in [-0.3, -0.25) is 4.72 Å². The van der Waals surface area contributed by atoms with E-state index in [-0.39, 0.29) is 10.8 Å². The van der Waals surface area contributed by atoms with Crippen LogP contribution in [0.1, 0.15) is 37.8 Å². The Balaban J connectivity index is 2.50. The van der Waals surface area contributed by atoms with Crippen molar-refractivity contribution >= 4 is 27.3 Å². The van der Waals surface area contributed by atoms with E-state index in [9.17, 15) is 8.42 Å². The second-order valence-corrected chi connectivity index (χ2v) is 7.95. The van der Waals surface area contributed by atoms with E-state index in [1.807, 2.05) is 33.8 Å². The third-order valence-corrected chi connectivity index (χ3v) is 5.29. The Bertz CT molecular complexity index is 832. The Morgan fingerprint density at radius 2 is 1.88 bits per heavy atom. The lowest BCUT2D eigenvalue weighted by Gasteiger charge is -2.16. The molecule has 0 unspecified atom stereocenters. The number of anilines is 1. The first kappa shape index (κ1) is 18.6. The van der Waals surface area contributed by atoms with Gasteiger partial charge in [-0.1, -0.05) is 37.6 Å². The van der Waals surface area contributed by atoms with E-state index in [1.165, 1.54) is 0 Å². The van der Waals surface area contributed by atoms with Crippen LogP contribution in [-0.2, 0) is 10.0 Å². The fraction of sp³-hybridized carbons (Fsp3) is 0.333. The second-order valence-electron chi connectivity index (χ2n) is 5.86. The Hall–Kier alpha value is -1.72. The molecular weight excluding hydrogens is 346 g/mol. The molecule has 0 heterocycles. The number of benzene rings is 2. The maximum atomic E-state index is 12.9. The summed E-state index contributed by atoms with van der Waals surface area (Å²) in [5, 5.41) is 0.472. The maximum absolute atomic E-state index is 12.9. The van der Waals surface area contributed by atoms with E-state index in [0.29, 0.717) is 23.1 Å². The van der Waals surface area contributed by atoms with Gasteiger partial charge in [-0.05, 0) is 55.2 Å². The molecule has 0 fully saturated rings. The van der Waals surface area contributed by atoms with Gasteiger partial charge in [0.15, 0.2) is 0 Å². The van der Waals surface area contributed by atoms with Crippen molar-refractivity contribution in [1.29, 1.82) is 0 Å².